The van der Waals surface area contributed by atoms with E-state index < -0.39 is 16.7 Å². The van der Waals surface area contributed by atoms with Gasteiger partial charge < -0.3 is 5.73 Å². The highest BCUT2D eigenvalue weighted by molar-refractivity contribution is 7.89. The van der Waals surface area contributed by atoms with Crippen molar-refractivity contribution < 1.29 is 12.8 Å². The molecule has 0 aliphatic heterocycles. The number of nitrogens with zero attached hydrogens (tertiary/aromatic N) is 1. The minimum atomic E-state index is -3.32. The van der Waals surface area contributed by atoms with Crippen molar-refractivity contribution in [2.45, 2.75) is 82.4 Å². The Bertz CT molecular complexity index is 382. The van der Waals surface area contributed by atoms with E-state index in [0.717, 1.165) is 64.2 Å². The number of hydrogen-bond donors (Lipinski definition) is 1. The van der Waals surface area contributed by atoms with Crippen molar-refractivity contribution in [3.05, 3.63) is 0 Å². The van der Waals surface area contributed by atoms with Gasteiger partial charge in [-0.25, -0.2) is 12.8 Å². The van der Waals surface area contributed by atoms with Crippen LogP contribution in [0.5, 0.6) is 0 Å². The van der Waals surface area contributed by atoms with Crippen LogP contribution in [0.2, 0.25) is 0 Å². The van der Waals surface area contributed by atoms with Crippen molar-refractivity contribution in [2.75, 3.05) is 19.8 Å². The smallest absolute Gasteiger partial charge is 0.217 e. The molecular formula is C16H33FN2O2S. The number of unbranched alkanes of at least 4 members (excludes halogenated alkanes) is 3. The Kier molecular flexibility index (Phi) is 9.52. The van der Waals surface area contributed by atoms with Crippen molar-refractivity contribution >= 4 is 10.0 Å². The lowest BCUT2D eigenvalue weighted by atomic mass is 10.0. The molecule has 6 heteroatoms. The van der Waals surface area contributed by atoms with Gasteiger partial charge in [0, 0.05) is 19.1 Å². The van der Waals surface area contributed by atoms with Gasteiger partial charge in [-0.2, -0.15) is 4.31 Å². The second kappa shape index (κ2) is 10.6. The maximum absolute atomic E-state index is 12.7. The third kappa shape index (κ3) is 6.92. The fourth-order valence-electron chi connectivity index (χ4n) is 3.14. The third-order valence-electron chi connectivity index (χ3n) is 4.48. The number of nitrogens with two attached hydrogens (primary N) is 1. The second-order valence-corrected chi connectivity index (χ2v) is 8.79. The lowest BCUT2D eigenvalue weighted by Gasteiger charge is -2.29. The quantitative estimate of drug-likeness (QED) is 0.589. The van der Waals surface area contributed by atoms with Crippen molar-refractivity contribution in [1.29, 1.82) is 0 Å². The van der Waals surface area contributed by atoms with Crippen molar-refractivity contribution in [2.24, 2.45) is 5.73 Å². The third-order valence-corrected chi connectivity index (χ3v) is 6.88. The molecule has 1 rings (SSSR count). The van der Waals surface area contributed by atoms with Gasteiger partial charge in [-0.05, 0) is 32.6 Å². The molecule has 1 unspecified atom stereocenters. The molecule has 0 amide bonds. The Labute approximate surface area is 135 Å². The van der Waals surface area contributed by atoms with E-state index in [1.54, 1.807) is 0 Å². The number of rotatable bonds is 11. The monoisotopic (exact) mass is 336 g/mol. The lowest BCUT2D eigenvalue weighted by Crippen LogP contribution is -2.41. The summed E-state index contributed by atoms with van der Waals surface area (Å²) in [6, 6.07) is 0.231. The minimum absolute atomic E-state index is 0.0126. The Balaban J connectivity index is 2.39. The molecule has 1 atom stereocenters. The first-order chi connectivity index (χ1) is 10.5. The van der Waals surface area contributed by atoms with Crippen LogP contribution in [0, 0.1) is 0 Å². The Hall–Kier alpha value is -0.200. The molecule has 2 N–H and O–H groups in total. The molecule has 1 saturated carbocycles. The van der Waals surface area contributed by atoms with E-state index in [-0.39, 0.29) is 17.8 Å². The predicted octanol–water partition coefficient (Wildman–Crippen LogP) is 3.22. The average Bonchev–Trinajstić information content (AvgIpc) is 2.50. The summed E-state index contributed by atoms with van der Waals surface area (Å²) in [7, 11) is -3.32. The van der Waals surface area contributed by atoms with E-state index in [1.807, 2.05) is 6.92 Å². The van der Waals surface area contributed by atoms with Gasteiger partial charge in [0.15, 0.2) is 0 Å². The zero-order chi connectivity index (χ0) is 16.4. The Morgan fingerprint density at radius 2 is 1.73 bits per heavy atom. The summed E-state index contributed by atoms with van der Waals surface area (Å²) in [5.74, 6) is 0. The Morgan fingerprint density at radius 3 is 2.32 bits per heavy atom. The molecule has 132 valence electrons. The highest BCUT2D eigenvalue weighted by Crippen LogP contribution is 2.26. The largest absolute Gasteiger partial charge is 0.328 e. The lowest BCUT2D eigenvalue weighted by molar-refractivity contribution is 0.338. The van der Waals surface area contributed by atoms with Crippen LogP contribution in [0.25, 0.3) is 0 Å². The molecule has 1 fully saturated rings. The molecule has 0 saturated heterocycles. The molecule has 22 heavy (non-hydrogen) atoms. The maximum atomic E-state index is 12.7. The highest BCUT2D eigenvalue weighted by Gasteiger charge is 2.32. The summed E-state index contributed by atoms with van der Waals surface area (Å²) in [5, 5.41) is -0.286. The van der Waals surface area contributed by atoms with Crippen LogP contribution in [-0.4, -0.2) is 43.8 Å². The first-order valence-corrected chi connectivity index (χ1v) is 10.3. The fourth-order valence-corrected chi connectivity index (χ4v) is 5.20. The molecule has 0 bridgehead atoms. The van der Waals surface area contributed by atoms with Crippen molar-refractivity contribution in [3.8, 4) is 0 Å². The zero-order valence-electron chi connectivity index (χ0n) is 14.0. The van der Waals surface area contributed by atoms with Gasteiger partial charge >= 0.3 is 0 Å². The summed E-state index contributed by atoms with van der Waals surface area (Å²) in [6.07, 6.45) is 9.49. The normalized spacial score (nSPS) is 18.7. The number of sulfonamides is 1. The van der Waals surface area contributed by atoms with Crippen LogP contribution in [0.4, 0.5) is 4.39 Å². The molecule has 0 radical (unpaired) electrons. The van der Waals surface area contributed by atoms with Crippen LogP contribution in [0.1, 0.15) is 71.1 Å². The van der Waals surface area contributed by atoms with E-state index in [0.29, 0.717) is 6.54 Å². The number of halogens is 1. The van der Waals surface area contributed by atoms with Crippen LogP contribution in [0.3, 0.4) is 0 Å². The zero-order valence-corrected chi connectivity index (χ0v) is 14.8. The van der Waals surface area contributed by atoms with Crippen molar-refractivity contribution in [1.82, 2.24) is 4.31 Å². The number of hydrogen-bond acceptors (Lipinski definition) is 3. The standard InChI is InChI=1S/C16H33FN2O2S/c1-15(18)9-5-2-3-8-13-19(14-12-17)22(20,21)16-10-6-4-7-11-16/h15-16H,2-14,18H2,1H3. The van der Waals surface area contributed by atoms with Gasteiger partial charge in [0.1, 0.15) is 6.67 Å². The molecule has 0 spiro atoms. The predicted molar refractivity (Wildman–Crippen MR) is 90.1 cm³/mol. The van der Waals surface area contributed by atoms with Crippen LogP contribution in [-0.2, 0) is 10.0 Å². The van der Waals surface area contributed by atoms with E-state index in [2.05, 4.69) is 0 Å². The number of alkyl halides is 1. The molecule has 0 aromatic rings. The summed E-state index contributed by atoms with van der Waals surface area (Å²) in [4.78, 5) is 0. The first kappa shape index (κ1) is 19.8. The Morgan fingerprint density at radius 1 is 1.09 bits per heavy atom. The molecule has 1 aliphatic rings. The van der Waals surface area contributed by atoms with E-state index in [9.17, 15) is 12.8 Å². The van der Waals surface area contributed by atoms with Crippen LogP contribution in [0.15, 0.2) is 0 Å². The fraction of sp³-hybridized carbons (Fsp3) is 1.00. The molecule has 0 aromatic carbocycles. The van der Waals surface area contributed by atoms with Gasteiger partial charge in [-0.3, -0.25) is 0 Å². The summed E-state index contributed by atoms with van der Waals surface area (Å²) in [6.45, 7) is 1.87. The SMILES string of the molecule is CC(N)CCCCCCN(CCF)S(=O)(=O)C1CCCCC1. The molecule has 1 aliphatic carbocycles. The highest BCUT2D eigenvalue weighted by atomic mass is 32.2. The molecular weight excluding hydrogens is 303 g/mol. The van der Waals surface area contributed by atoms with Gasteiger partial charge in [-0.1, -0.05) is 38.5 Å². The van der Waals surface area contributed by atoms with Gasteiger partial charge in [0.25, 0.3) is 0 Å². The maximum Gasteiger partial charge on any atom is 0.217 e. The van der Waals surface area contributed by atoms with E-state index in [1.165, 1.54) is 4.31 Å². The molecule has 0 heterocycles. The van der Waals surface area contributed by atoms with E-state index >= 15 is 0 Å². The van der Waals surface area contributed by atoms with Gasteiger partial charge in [-0.15, -0.1) is 0 Å². The van der Waals surface area contributed by atoms with Crippen LogP contribution >= 0.6 is 0 Å². The van der Waals surface area contributed by atoms with Crippen LogP contribution < -0.4 is 5.73 Å². The second-order valence-electron chi connectivity index (χ2n) is 6.57. The van der Waals surface area contributed by atoms with Gasteiger partial charge in [0.05, 0.1) is 5.25 Å². The topological polar surface area (TPSA) is 63.4 Å². The van der Waals surface area contributed by atoms with Crippen molar-refractivity contribution in [3.63, 3.8) is 0 Å². The molecule has 4 nitrogen and oxygen atoms in total. The minimum Gasteiger partial charge on any atom is -0.328 e. The average molecular weight is 337 g/mol. The summed E-state index contributed by atoms with van der Waals surface area (Å²) >= 11 is 0. The summed E-state index contributed by atoms with van der Waals surface area (Å²) < 4.78 is 39.4. The molecule has 0 aromatic heterocycles. The first-order valence-electron chi connectivity index (χ1n) is 8.79. The summed E-state index contributed by atoms with van der Waals surface area (Å²) in [5.41, 5.74) is 5.71. The van der Waals surface area contributed by atoms with Gasteiger partial charge in [0.2, 0.25) is 10.0 Å². The van der Waals surface area contributed by atoms with E-state index in [4.69, 9.17) is 5.73 Å².